The van der Waals surface area contributed by atoms with Gasteiger partial charge < -0.3 is 14.8 Å². The average Bonchev–Trinajstić information content (AvgIpc) is 2.35. The first-order valence-corrected chi connectivity index (χ1v) is 4.81. The van der Waals surface area contributed by atoms with Gasteiger partial charge >= 0.3 is 0 Å². The van der Waals surface area contributed by atoms with Gasteiger partial charge in [-0.3, -0.25) is 4.79 Å². The van der Waals surface area contributed by atoms with Gasteiger partial charge in [0.2, 0.25) is 5.91 Å². The number of rotatable bonds is 5. The number of methoxy groups -OCH3 is 2. The van der Waals surface area contributed by atoms with Crippen molar-refractivity contribution in [2.75, 3.05) is 14.2 Å². The van der Waals surface area contributed by atoms with E-state index in [4.69, 9.17) is 9.47 Å². The fourth-order valence-corrected chi connectivity index (χ4v) is 1.25. The maximum Gasteiger partial charge on any atom is 0.245 e. The number of hydrogen-bond donors (Lipinski definition) is 1. The summed E-state index contributed by atoms with van der Waals surface area (Å²) in [6.45, 7) is 3.38. The molecule has 0 bridgehead atoms. The Balaban J connectivity index is 2.78. The van der Waals surface area contributed by atoms with E-state index >= 15 is 0 Å². The van der Waals surface area contributed by atoms with Crippen LogP contribution in [0.5, 0.6) is 5.75 Å². The molecule has 16 heavy (non-hydrogen) atoms. The summed E-state index contributed by atoms with van der Waals surface area (Å²) in [5.74, 6) is 0.483. The SMILES string of the molecule is C=CC(=O)NC(OC)c1ccc(OC)cc1. The molecule has 1 rings (SSSR count). The quantitative estimate of drug-likeness (QED) is 0.607. The Morgan fingerprint density at radius 3 is 2.44 bits per heavy atom. The van der Waals surface area contributed by atoms with Crippen molar-refractivity contribution in [3.63, 3.8) is 0 Å². The number of hydrogen-bond acceptors (Lipinski definition) is 3. The summed E-state index contributed by atoms with van der Waals surface area (Å²) < 4.78 is 10.2. The van der Waals surface area contributed by atoms with E-state index in [1.807, 2.05) is 12.1 Å². The summed E-state index contributed by atoms with van der Waals surface area (Å²) in [4.78, 5) is 11.1. The van der Waals surface area contributed by atoms with Crippen LogP contribution in [0.15, 0.2) is 36.9 Å². The predicted octanol–water partition coefficient (Wildman–Crippen LogP) is 1.64. The van der Waals surface area contributed by atoms with Crippen LogP contribution in [-0.4, -0.2) is 20.1 Å². The lowest BCUT2D eigenvalue weighted by molar-refractivity contribution is -0.120. The third-order valence-electron chi connectivity index (χ3n) is 2.11. The van der Waals surface area contributed by atoms with Crippen molar-refractivity contribution in [1.82, 2.24) is 5.32 Å². The van der Waals surface area contributed by atoms with Crippen LogP contribution in [0.2, 0.25) is 0 Å². The fraction of sp³-hybridized carbons (Fsp3) is 0.250. The van der Waals surface area contributed by atoms with Crippen molar-refractivity contribution in [3.05, 3.63) is 42.5 Å². The Labute approximate surface area is 94.9 Å². The van der Waals surface area contributed by atoms with Crippen molar-refractivity contribution in [3.8, 4) is 5.75 Å². The number of carbonyl (C=O) groups is 1. The number of nitrogens with one attached hydrogen (secondary N) is 1. The Bertz CT molecular complexity index is 359. The molecule has 0 saturated heterocycles. The summed E-state index contributed by atoms with van der Waals surface area (Å²) in [5.41, 5.74) is 0.846. The van der Waals surface area contributed by atoms with E-state index in [2.05, 4.69) is 11.9 Å². The zero-order valence-electron chi connectivity index (χ0n) is 9.40. The van der Waals surface area contributed by atoms with Crippen LogP contribution in [0.1, 0.15) is 11.8 Å². The van der Waals surface area contributed by atoms with Crippen LogP contribution < -0.4 is 10.1 Å². The second-order valence-corrected chi connectivity index (χ2v) is 3.10. The lowest BCUT2D eigenvalue weighted by Gasteiger charge is -2.16. The van der Waals surface area contributed by atoms with E-state index in [-0.39, 0.29) is 5.91 Å². The number of benzene rings is 1. The minimum Gasteiger partial charge on any atom is -0.497 e. The molecular formula is C12H15NO3. The highest BCUT2D eigenvalue weighted by molar-refractivity contribution is 5.87. The van der Waals surface area contributed by atoms with Gasteiger partial charge in [0, 0.05) is 12.7 Å². The first-order chi connectivity index (χ1) is 7.71. The maximum atomic E-state index is 11.1. The zero-order valence-corrected chi connectivity index (χ0v) is 9.40. The molecule has 0 aliphatic carbocycles. The van der Waals surface area contributed by atoms with Gasteiger partial charge in [0.15, 0.2) is 6.23 Å². The molecule has 1 amide bonds. The second-order valence-electron chi connectivity index (χ2n) is 3.10. The van der Waals surface area contributed by atoms with E-state index in [9.17, 15) is 4.79 Å². The van der Waals surface area contributed by atoms with Crippen LogP contribution in [0.4, 0.5) is 0 Å². The number of amides is 1. The highest BCUT2D eigenvalue weighted by Gasteiger charge is 2.11. The van der Waals surface area contributed by atoms with E-state index in [0.29, 0.717) is 0 Å². The molecule has 1 aromatic rings. The number of carbonyl (C=O) groups excluding carboxylic acids is 1. The molecule has 4 heteroatoms. The summed E-state index contributed by atoms with van der Waals surface area (Å²) in [7, 11) is 3.13. The summed E-state index contributed by atoms with van der Waals surface area (Å²) in [6, 6.07) is 7.27. The molecule has 1 N–H and O–H groups in total. The molecule has 0 saturated carbocycles. The molecule has 1 atom stereocenters. The Hall–Kier alpha value is -1.81. The second kappa shape index (κ2) is 5.92. The monoisotopic (exact) mass is 221 g/mol. The summed E-state index contributed by atoms with van der Waals surface area (Å²) in [5, 5.41) is 2.65. The zero-order chi connectivity index (χ0) is 12.0. The number of ether oxygens (including phenoxy) is 2. The molecule has 0 heterocycles. The first-order valence-electron chi connectivity index (χ1n) is 4.81. The Morgan fingerprint density at radius 1 is 1.38 bits per heavy atom. The third kappa shape index (κ3) is 3.10. The molecule has 4 nitrogen and oxygen atoms in total. The van der Waals surface area contributed by atoms with Gasteiger partial charge in [-0.05, 0) is 18.2 Å². The molecule has 0 aliphatic rings. The summed E-state index contributed by atoms with van der Waals surface area (Å²) in [6.07, 6.45) is 0.728. The normalized spacial score (nSPS) is 11.6. The van der Waals surface area contributed by atoms with Gasteiger partial charge in [0.25, 0.3) is 0 Å². The van der Waals surface area contributed by atoms with Gasteiger partial charge in [-0.1, -0.05) is 18.7 Å². The predicted molar refractivity (Wildman–Crippen MR) is 61.1 cm³/mol. The van der Waals surface area contributed by atoms with Gasteiger partial charge in [-0.15, -0.1) is 0 Å². The summed E-state index contributed by atoms with van der Waals surface area (Å²) >= 11 is 0. The average molecular weight is 221 g/mol. The van der Waals surface area contributed by atoms with E-state index in [0.717, 1.165) is 11.3 Å². The molecule has 0 radical (unpaired) electrons. The van der Waals surface area contributed by atoms with Crippen molar-refractivity contribution < 1.29 is 14.3 Å². The Kier molecular flexibility index (Phi) is 4.54. The molecule has 1 unspecified atom stereocenters. The van der Waals surface area contributed by atoms with Crippen molar-refractivity contribution in [1.29, 1.82) is 0 Å². The van der Waals surface area contributed by atoms with Gasteiger partial charge in [-0.2, -0.15) is 0 Å². The largest absolute Gasteiger partial charge is 0.497 e. The molecule has 0 spiro atoms. The molecule has 86 valence electrons. The molecular weight excluding hydrogens is 206 g/mol. The van der Waals surface area contributed by atoms with E-state index in [1.165, 1.54) is 13.2 Å². The molecule has 0 aromatic heterocycles. The van der Waals surface area contributed by atoms with Crippen molar-refractivity contribution >= 4 is 5.91 Å². The van der Waals surface area contributed by atoms with Crippen LogP contribution in [0, 0.1) is 0 Å². The van der Waals surface area contributed by atoms with E-state index < -0.39 is 6.23 Å². The highest BCUT2D eigenvalue weighted by atomic mass is 16.5. The van der Waals surface area contributed by atoms with Crippen molar-refractivity contribution in [2.24, 2.45) is 0 Å². The Morgan fingerprint density at radius 2 is 2.00 bits per heavy atom. The minimum atomic E-state index is -0.476. The van der Waals surface area contributed by atoms with Crippen LogP contribution >= 0.6 is 0 Å². The van der Waals surface area contributed by atoms with Gasteiger partial charge in [0.1, 0.15) is 5.75 Å². The lowest BCUT2D eigenvalue weighted by atomic mass is 10.2. The third-order valence-corrected chi connectivity index (χ3v) is 2.11. The van der Waals surface area contributed by atoms with Gasteiger partial charge in [0.05, 0.1) is 7.11 Å². The van der Waals surface area contributed by atoms with E-state index in [1.54, 1.807) is 19.2 Å². The molecule has 0 aliphatic heterocycles. The highest BCUT2D eigenvalue weighted by Crippen LogP contribution is 2.17. The lowest BCUT2D eigenvalue weighted by Crippen LogP contribution is -2.27. The maximum absolute atomic E-state index is 11.1. The van der Waals surface area contributed by atoms with Gasteiger partial charge in [-0.25, -0.2) is 0 Å². The van der Waals surface area contributed by atoms with Crippen molar-refractivity contribution in [2.45, 2.75) is 6.23 Å². The topological polar surface area (TPSA) is 47.6 Å². The van der Waals surface area contributed by atoms with Crippen LogP contribution in [0.25, 0.3) is 0 Å². The van der Waals surface area contributed by atoms with Crippen LogP contribution in [-0.2, 0) is 9.53 Å². The standard InChI is InChI=1S/C12H15NO3/c1-4-11(14)13-12(16-3)9-5-7-10(15-2)8-6-9/h4-8,12H,1H2,2-3H3,(H,13,14). The smallest absolute Gasteiger partial charge is 0.245 e. The molecule has 1 aromatic carbocycles. The molecule has 0 fully saturated rings. The van der Waals surface area contributed by atoms with Crippen LogP contribution in [0.3, 0.4) is 0 Å². The fourth-order valence-electron chi connectivity index (χ4n) is 1.25. The minimum absolute atomic E-state index is 0.275. The first kappa shape index (κ1) is 12.3.